The molecule has 1 amide bonds. The summed E-state index contributed by atoms with van der Waals surface area (Å²) in [5.41, 5.74) is 1.10. The lowest BCUT2D eigenvalue weighted by Crippen LogP contribution is -2.41. The molecule has 4 rings (SSSR count). The number of carbonyl (C=O) groups is 1. The second-order valence-corrected chi connectivity index (χ2v) is 11.1. The number of anilines is 1. The molecule has 0 unspecified atom stereocenters. The average molecular weight is 478 g/mol. The van der Waals surface area contributed by atoms with Crippen LogP contribution in [0.15, 0.2) is 52.2 Å². The van der Waals surface area contributed by atoms with Gasteiger partial charge in [-0.25, -0.2) is 12.8 Å². The number of amides is 1. The van der Waals surface area contributed by atoms with Gasteiger partial charge in [0.1, 0.15) is 5.82 Å². The first kappa shape index (κ1) is 22.6. The second-order valence-electron chi connectivity index (χ2n) is 8.14. The Morgan fingerprint density at radius 2 is 1.88 bits per heavy atom. The summed E-state index contributed by atoms with van der Waals surface area (Å²) >= 11 is 1.04. The van der Waals surface area contributed by atoms with Crippen molar-refractivity contribution >= 4 is 43.2 Å². The lowest BCUT2D eigenvalue weighted by Gasteiger charge is -2.30. The number of nitrogens with zero attached hydrogens (tertiary/aromatic N) is 2. The lowest BCUT2D eigenvalue weighted by atomic mass is 9.97. The SMILES string of the molecule is CC(C)n1c(=O)sc2cc(S(=O)(=O)N3CCC(C(=O)Nc4cccc(F)c4)CC3)ccc21. The summed E-state index contributed by atoms with van der Waals surface area (Å²) in [4.78, 5) is 24.8. The van der Waals surface area contributed by atoms with Gasteiger partial charge in [0.15, 0.2) is 0 Å². The van der Waals surface area contributed by atoms with Crippen molar-refractivity contribution in [1.29, 1.82) is 0 Å². The first-order valence-corrected chi connectivity index (χ1v) is 12.6. The van der Waals surface area contributed by atoms with Gasteiger partial charge in [0.2, 0.25) is 15.9 Å². The first-order valence-electron chi connectivity index (χ1n) is 10.4. The molecule has 0 bridgehead atoms. The third-order valence-corrected chi connectivity index (χ3v) is 8.47. The quantitative estimate of drug-likeness (QED) is 0.605. The Morgan fingerprint density at radius 1 is 1.16 bits per heavy atom. The fourth-order valence-electron chi connectivity index (χ4n) is 3.98. The molecule has 0 aliphatic carbocycles. The van der Waals surface area contributed by atoms with E-state index in [1.54, 1.807) is 22.8 Å². The van der Waals surface area contributed by atoms with Crippen molar-refractivity contribution in [3.63, 3.8) is 0 Å². The van der Waals surface area contributed by atoms with E-state index < -0.39 is 15.8 Å². The molecular formula is C22H24FN3O4S2. The van der Waals surface area contributed by atoms with Gasteiger partial charge in [-0.3, -0.25) is 14.2 Å². The van der Waals surface area contributed by atoms with Crippen LogP contribution in [0.25, 0.3) is 10.2 Å². The largest absolute Gasteiger partial charge is 0.326 e. The topological polar surface area (TPSA) is 88.5 Å². The summed E-state index contributed by atoms with van der Waals surface area (Å²) in [6.07, 6.45) is 0.749. The highest BCUT2D eigenvalue weighted by Gasteiger charge is 2.32. The summed E-state index contributed by atoms with van der Waals surface area (Å²) in [6, 6.07) is 10.4. The van der Waals surface area contributed by atoms with Crippen molar-refractivity contribution in [1.82, 2.24) is 8.87 Å². The van der Waals surface area contributed by atoms with E-state index in [1.165, 1.54) is 28.6 Å². The highest BCUT2D eigenvalue weighted by atomic mass is 32.2. The molecule has 2 heterocycles. The first-order chi connectivity index (χ1) is 15.2. The number of piperidine rings is 1. The normalized spacial score (nSPS) is 16.0. The zero-order valence-corrected chi connectivity index (χ0v) is 19.4. The number of benzene rings is 2. The van der Waals surface area contributed by atoms with Crippen LogP contribution < -0.4 is 10.2 Å². The van der Waals surface area contributed by atoms with Crippen molar-refractivity contribution in [3.05, 3.63) is 57.9 Å². The predicted molar refractivity (Wildman–Crippen MR) is 123 cm³/mol. The Morgan fingerprint density at radius 3 is 2.53 bits per heavy atom. The van der Waals surface area contributed by atoms with Crippen LogP contribution in [0.3, 0.4) is 0 Å². The van der Waals surface area contributed by atoms with Crippen LogP contribution in [0.2, 0.25) is 0 Å². The van der Waals surface area contributed by atoms with Gasteiger partial charge in [-0.1, -0.05) is 17.4 Å². The van der Waals surface area contributed by atoms with Crippen molar-refractivity contribution in [2.45, 2.75) is 37.6 Å². The van der Waals surface area contributed by atoms with E-state index in [0.29, 0.717) is 23.2 Å². The van der Waals surface area contributed by atoms with Gasteiger partial charge in [0.05, 0.1) is 15.1 Å². The van der Waals surface area contributed by atoms with Gasteiger partial charge in [0.25, 0.3) is 0 Å². The predicted octanol–water partition coefficient (Wildman–Crippen LogP) is 3.82. The molecule has 7 nitrogen and oxygen atoms in total. The minimum absolute atomic E-state index is 0.0174. The molecule has 32 heavy (non-hydrogen) atoms. The highest BCUT2D eigenvalue weighted by Crippen LogP contribution is 2.28. The summed E-state index contributed by atoms with van der Waals surface area (Å²) < 4.78 is 43.3. The summed E-state index contributed by atoms with van der Waals surface area (Å²) in [5, 5.41) is 2.70. The van der Waals surface area contributed by atoms with Crippen LogP contribution in [0.5, 0.6) is 0 Å². The van der Waals surface area contributed by atoms with E-state index in [9.17, 15) is 22.4 Å². The minimum atomic E-state index is -3.74. The van der Waals surface area contributed by atoms with Crippen LogP contribution in [-0.2, 0) is 14.8 Å². The van der Waals surface area contributed by atoms with Crippen LogP contribution >= 0.6 is 11.3 Å². The van der Waals surface area contributed by atoms with Gasteiger partial charge >= 0.3 is 4.87 Å². The number of fused-ring (bicyclic) bond motifs is 1. The fourth-order valence-corrected chi connectivity index (χ4v) is 6.61. The summed E-state index contributed by atoms with van der Waals surface area (Å²) in [5.74, 6) is -1.03. The van der Waals surface area contributed by atoms with Gasteiger partial charge in [-0.15, -0.1) is 0 Å². The Labute approximate surface area is 189 Å². The zero-order valence-electron chi connectivity index (χ0n) is 17.7. The van der Waals surface area contributed by atoms with E-state index in [1.807, 2.05) is 13.8 Å². The molecule has 170 valence electrons. The Hall–Kier alpha value is -2.56. The van der Waals surface area contributed by atoms with E-state index in [4.69, 9.17) is 0 Å². The minimum Gasteiger partial charge on any atom is -0.326 e. The summed E-state index contributed by atoms with van der Waals surface area (Å²) in [7, 11) is -3.74. The molecule has 3 aromatic rings. The van der Waals surface area contributed by atoms with E-state index in [2.05, 4.69) is 5.32 Å². The van der Waals surface area contributed by atoms with Gasteiger partial charge in [-0.05, 0) is 63.1 Å². The van der Waals surface area contributed by atoms with Crippen molar-refractivity contribution in [3.8, 4) is 0 Å². The third kappa shape index (κ3) is 4.35. The van der Waals surface area contributed by atoms with Crippen LogP contribution in [0, 0.1) is 11.7 Å². The zero-order chi connectivity index (χ0) is 23.0. The van der Waals surface area contributed by atoms with Crippen molar-refractivity contribution in [2.24, 2.45) is 5.92 Å². The number of hydrogen-bond donors (Lipinski definition) is 1. The molecule has 2 aromatic carbocycles. The number of sulfonamides is 1. The Bertz CT molecular complexity index is 1320. The molecule has 1 aliphatic heterocycles. The average Bonchev–Trinajstić information content (AvgIpc) is 3.09. The lowest BCUT2D eigenvalue weighted by molar-refractivity contribution is -0.120. The smallest absolute Gasteiger partial charge is 0.308 e. The number of nitrogens with one attached hydrogen (secondary N) is 1. The Kier molecular flexibility index (Phi) is 6.19. The molecule has 1 N–H and O–H groups in total. The van der Waals surface area contributed by atoms with Crippen LogP contribution in [-0.4, -0.2) is 36.3 Å². The number of aromatic nitrogens is 1. The molecule has 0 radical (unpaired) electrons. The number of rotatable bonds is 5. The molecule has 1 aromatic heterocycles. The highest BCUT2D eigenvalue weighted by molar-refractivity contribution is 7.89. The van der Waals surface area contributed by atoms with Gasteiger partial charge in [-0.2, -0.15) is 4.31 Å². The number of halogens is 1. The summed E-state index contributed by atoms with van der Waals surface area (Å²) in [6.45, 7) is 4.25. The van der Waals surface area contributed by atoms with Gasteiger partial charge in [0, 0.05) is 30.7 Å². The standard InChI is InChI=1S/C22H24FN3O4S2/c1-14(2)26-19-7-6-18(13-20(19)31-22(26)28)32(29,30)25-10-8-15(9-11-25)21(27)24-17-5-3-4-16(23)12-17/h3-7,12-15H,8-11H2,1-2H3,(H,24,27). The monoisotopic (exact) mass is 477 g/mol. The maximum absolute atomic E-state index is 13.3. The molecule has 1 saturated heterocycles. The molecule has 0 spiro atoms. The van der Waals surface area contributed by atoms with Crippen LogP contribution in [0.4, 0.5) is 10.1 Å². The van der Waals surface area contributed by atoms with Crippen molar-refractivity contribution < 1.29 is 17.6 Å². The molecular weight excluding hydrogens is 453 g/mol. The Balaban J connectivity index is 1.47. The molecule has 1 fully saturated rings. The maximum atomic E-state index is 13.3. The van der Waals surface area contributed by atoms with E-state index >= 15 is 0 Å². The molecule has 1 aliphatic rings. The number of thiazole rings is 1. The number of hydrogen-bond acceptors (Lipinski definition) is 5. The fraction of sp³-hybridized carbons (Fsp3) is 0.364. The van der Waals surface area contributed by atoms with Crippen LogP contribution in [0.1, 0.15) is 32.7 Å². The second kappa shape index (κ2) is 8.76. The van der Waals surface area contributed by atoms with E-state index in [-0.39, 0.29) is 40.7 Å². The maximum Gasteiger partial charge on any atom is 0.308 e. The molecule has 10 heteroatoms. The van der Waals surface area contributed by atoms with Gasteiger partial charge < -0.3 is 5.32 Å². The third-order valence-electron chi connectivity index (χ3n) is 5.66. The van der Waals surface area contributed by atoms with Crippen molar-refractivity contribution in [2.75, 3.05) is 18.4 Å². The van der Waals surface area contributed by atoms with E-state index in [0.717, 1.165) is 16.9 Å². The molecule has 0 atom stereocenters. The number of carbonyl (C=O) groups excluding carboxylic acids is 1. The molecule has 0 saturated carbocycles.